The lowest BCUT2D eigenvalue weighted by Crippen LogP contribution is -2.03. The van der Waals surface area contributed by atoms with Gasteiger partial charge in [0.2, 0.25) is 0 Å². The van der Waals surface area contributed by atoms with Crippen LogP contribution in [-0.2, 0) is 0 Å². The van der Waals surface area contributed by atoms with Gasteiger partial charge < -0.3 is 5.32 Å². The average molecular weight is 269 g/mol. The fourth-order valence-corrected chi connectivity index (χ4v) is 1.81. The first-order chi connectivity index (χ1) is 7.31. The highest BCUT2D eigenvalue weighted by Gasteiger charge is 2.01. The van der Waals surface area contributed by atoms with Crippen LogP contribution in [0.4, 0.5) is 10.1 Å². The van der Waals surface area contributed by atoms with Crippen LogP contribution in [0.5, 0.6) is 0 Å². The molecule has 0 spiro atoms. The highest BCUT2D eigenvalue weighted by Crippen LogP contribution is 2.23. The van der Waals surface area contributed by atoms with Crippen molar-refractivity contribution < 1.29 is 4.39 Å². The number of anilines is 1. The van der Waals surface area contributed by atoms with Crippen molar-refractivity contribution in [2.24, 2.45) is 0 Å². The molecular formula is C11H10BrFN2. The summed E-state index contributed by atoms with van der Waals surface area (Å²) in [4.78, 5) is 4.30. The molecule has 1 heterocycles. The van der Waals surface area contributed by atoms with Crippen molar-refractivity contribution >= 4 is 32.5 Å². The summed E-state index contributed by atoms with van der Waals surface area (Å²) in [6.07, 6.45) is 1.74. The van der Waals surface area contributed by atoms with Gasteiger partial charge in [-0.25, -0.2) is 4.39 Å². The molecule has 0 aliphatic carbocycles. The maximum atomic E-state index is 12.1. The molecule has 1 aromatic carbocycles. The van der Waals surface area contributed by atoms with E-state index in [1.165, 1.54) is 0 Å². The first-order valence-corrected chi connectivity index (χ1v) is 5.44. The van der Waals surface area contributed by atoms with E-state index in [1.54, 1.807) is 6.20 Å². The molecule has 1 N–H and O–H groups in total. The molecule has 78 valence electrons. The predicted molar refractivity (Wildman–Crippen MR) is 63.9 cm³/mol. The van der Waals surface area contributed by atoms with Crippen molar-refractivity contribution in [2.75, 3.05) is 18.5 Å². The van der Waals surface area contributed by atoms with Crippen LogP contribution in [-0.4, -0.2) is 18.2 Å². The van der Waals surface area contributed by atoms with Gasteiger partial charge in [-0.15, -0.1) is 0 Å². The molecule has 4 heteroatoms. The van der Waals surface area contributed by atoms with E-state index in [-0.39, 0.29) is 6.67 Å². The summed E-state index contributed by atoms with van der Waals surface area (Å²) in [5.74, 6) is 0. The largest absolute Gasteiger partial charge is 0.381 e. The summed E-state index contributed by atoms with van der Waals surface area (Å²) in [6.45, 7) is -0.0657. The number of nitrogens with one attached hydrogen (secondary N) is 1. The van der Waals surface area contributed by atoms with Gasteiger partial charge in [-0.2, -0.15) is 0 Å². The number of fused-ring (bicyclic) bond motifs is 1. The van der Waals surface area contributed by atoms with Gasteiger partial charge in [0.05, 0.1) is 11.2 Å². The zero-order valence-electron chi connectivity index (χ0n) is 8.00. The van der Waals surface area contributed by atoms with Crippen molar-refractivity contribution in [1.82, 2.24) is 4.98 Å². The zero-order valence-corrected chi connectivity index (χ0v) is 9.59. The van der Waals surface area contributed by atoms with E-state index in [4.69, 9.17) is 0 Å². The third-order valence-electron chi connectivity index (χ3n) is 2.09. The standard InChI is InChI=1S/C11H10BrFN2/c12-9-6-8-2-1-3-10(14-5-4-13)11(8)15-7-9/h1-3,6-7,14H,4-5H2. The molecule has 0 radical (unpaired) electrons. The molecule has 0 fully saturated rings. The molecule has 0 saturated heterocycles. The second kappa shape index (κ2) is 4.57. The van der Waals surface area contributed by atoms with E-state index in [0.717, 1.165) is 21.1 Å². The third-order valence-corrected chi connectivity index (χ3v) is 2.52. The molecule has 0 aliphatic heterocycles. The Morgan fingerprint density at radius 2 is 2.27 bits per heavy atom. The number of benzene rings is 1. The smallest absolute Gasteiger partial charge is 0.107 e. The molecule has 15 heavy (non-hydrogen) atoms. The summed E-state index contributed by atoms with van der Waals surface area (Å²) in [5.41, 5.74) is 1.74. The topological polar surface area (TPSA) is 24.9 Å². The van der Waals surface area contributed by atoms with Gasteiger partial charge in [-0.05, 0) is 28.1 Å². The van der Waals surface area contributed by atoms with Crippen LogP contribution >= 0.6 is 15.9 Å². The second-order valence-electron chi connectivity index (χ2n) is 3.15. The van der Waals surface area contributed by atoms with Crippen molar-refractivity contribution in [3.05, 3.63) is 34.9 Å². The van der Waals surface area contributed by atoms with Gasteiger partial charge in [0, 0.05) is 22.6 Å². The quantitative estimate of drug-likeness (QED) is 0.923. The lowest BCUT2D eigenvalue weighted by Gasteiger charge is -2.07. The molecule has 0 saturated carbocycles. The molecule has 2 rings (SSSR count). The van der Waals surface area contributed by atoms with E-state index in [0.29, 0.717) is 6.54 Å². The van der Waals surface area contributed by atoms with Crippen molar-refractivity contribution in [3.8, 4) is 0 Å². The third kappa shape index (κ3) is 2.26. The normalized spacial score (nSPS) is 10.5. The van der Waals surface area contributed by atoms with Crippen LogP contribution in [0.1, 0.15) is 0 Å². The fourth-order valence-electron chi connectivity index (χ4n) is 1.46. The van der Waals surface area contributed by atoms with Crippen LogP contribution in [0.15, 0.2) is 34.9 Å². The number of hydrogen-bond donors (Lipinski definition) is 1. The highest BCUT2D eigenvalue weighted by atomic mass is 79.9. The van der Waals surface area contributed by atoms with Gasteiger partial charge in [0.15, 0.2) is 0 Å². The zero-order chi connectivity index (χ0) is 10.7. The number of rotatable bonds is 3. The first kappa shape index (κ1) is 10.4. The lowest BCUT2D eigenvalue weighted by atomic mass is 10.2. The molecule has 0 atom stereocenters. The van der Waals surface area contributed by atoms with Crippen molar-refractivity contribution in [3.63, 3.8) is 0 Å². The molecule has 0 aliphatic rings. The molecule has 1 aromatic heterocycles. The van der Waals surface area contributed by atoms with E-state index < -0.39 is 0 Å². The number of hydrogen-bond acceptors (Lipinski definition) is 2. The number of halogens is 2. The average Bonchev–Trinajstić information content (AvgIpc) is 2.25. The minimum atomic E-state index is -0.382. The van der Waals surface area contributed by atoms with Crippen LogP contribution in [0, 0.1) is 0 Å². The molecule has 2 aromatic rings. The van der Waals surface area contributed by atoms with E-state index in [1.807, 2.05) is 24.3 Å². The molecule has 2 nitrogen and oxygen atoms in total. The second-order valence-corrected chi connectivity index (χ2v) is 4.06. The SMILES string of the molecule is FCCNc1cccc2cc(Br)cnc12. The fraction of sp³-hybridized carbons (Fsp3) is 0.182. The lowest BCUT2D eigenvalue weighted by molar-refractivity contribution is 0.513. The van der Waals surface area contributed by atoms with Gasteiger partial charge in [0.1, 0.15) is 6.67 Å². The van der Waals surface area contributed by atoms with Crippen molar-refractivity contribution in [2.45, 2.75) is 0 Å². The maximum absolute atomic E-state index is 12.1. The van der Waals surface area contributed by atoms with Gasteiger partial charge in [-0.1, -0.05) is 12.1 Å². The molecule has 0 unspecified atom stereocenters. The Balaban J connectivity index is 2.46. The molecule has 0 bridgehead atoms. The van der Waals surface area contributed by atoms with Crippen molar-refractivity contribution in [1.29, 1.82) is 0 Å². The summed E-state index contributed by atoms with van der Waals surface area (Å²) in [5, 5.41) is 4.04. The first-order valence-electron chi connectivity index (χ1n) is 4.65. The van der Waals surface area contributed by atoms with E-state index >= 15 is 0 Å². The molecule has 0 amide bonds. The van der Waals surface area contributed by atoms with Gasteiger partial charge in [-0.3, -0.25) is 4.98 Å². The van der Waals surface area contributed by atoms with Crippen LogP contribution < -0.4 is 5.32 Å². The van der Waals surface area contributed by atoms with Crippen LogP contribution in [0.2, 0.25) is 0 Å². The Labute approximate surface area is 95.6 Å². The number of nitrogens with zero attached hydrogens (tertiary/aromatic N) is 1. The minimum Gasteiger partial charge on any atom is -0.381 e. The highest BCUT2D eigenvalue weighted by molar-refractivity contribution is 9.10. The summed E-state index contributed by atoms with van der Waals surface area (Å²) >= 11 is 3.37. The summed E-state index contributed by atoms with van der Waals surface area (Å²) < 4.78 is 13.0. The Morgan fingerprint density at radius 1 is 1.40 bits per heavy atom. The number of para-hydroxylation sites is 1. The Bertz CT molecular complexity index is 473. The van der Waals surface area contributed by atoms with Crippen LogP contribution in [0.25, 0.3) is 10.9 Å². The maximum Gasteiger partial charge on any atom is 0.107 e. The monoisotopic (exact) mass is 268 g/mol. The van der Waals surface area contributed by atoms with E-state index in [2.05, 4.69) is 26.2 Å². The Morgan fingerprint density at radius 3 is 3.07 bits per heavy atom. The Kier molecular flexibility index (Phi) is 3.16. The Hall–Kier alpha value is -1.16. The van der Waals surface area contributed by atoms with Crippen LogP contribution in [0.3, 0.4) is 0 Å². The van der Waals surface area contributed by atoms with E-state index in [9.17, 15) is 4.39 Å². The number of alkyl halides is 1. The van der Waals surface area contributed by atoms with Gasteiger partial charge >= 0.3 is 0 Å². The molecular weight excluding hydrogens is 259 g/mol. The minimum absolute atomic E-state index is 0.316. The number of pyridine rings is 1. The summed E-state index contributed by atoms with van der Waals surface area (Å²) in [7, 11) is 0. The number of aromatic nitrogens is 1. The predicted octanol–water partition coefficient (Wildman–Crippen LogP) is 3.38. The summed E-state index contributed by atoms with van der Waals surface area (Å²) in [6, 6.07) is 7.80. The van der Waals surface area contributed by atoms with Gasteiger partial charge in [0.25, 0.3) is 0 Å².